The predicted molar refractivity (Wildman–Crippen MR) is 73.3 cm³/mol. The number of amides is 1. The van der Waals surface area contributed by atoms with E-state index in [1.165, 1.54) is 0 Å². The van der Waals surface area contributed by atoms with Crippen molar-refractivity contribution in [3.8, 4) is 0 Å². The van der Waals surface area contributed by atoms with Crippen molar-refractivity contribution in [2.45, 2.75) is 53.0 Å². The molecule has 4 N–H and O–H groups in total. The topological polar surface area (TPSA) is 83.8 Å². The lowest BCUT2D eigenvalue weighted by Gasteiger charge is -2.25. The molecule has 0 saturated heterocycles. The molecule has 0 aliphatic rings. The molecular formula is C13H24N4O. The van der Waals surface area contributed by atoms with Gasteiger partial charge in [0.1, 0.15) is 0 Å². The van der Waals surface area contributed by atoms with Crippen molar-refractivity contribution in [1.82, 2.24) is 10.2 Å². The molecule has 5 heteroatoms. The first-order chi connectivity index (χ1) is 8.01. The van der Waals surface area contributed by atoms with Gasteiger partial charge < -0.3 is 11.1 Å². The van der Waals surface area contributed by atoms with Gasteiger partial charge in [0.25, 0.3) is 0 Å². The van der Waals surface area contributed by atoms with Gasteiger partial charge in [-0.3, -0.25) is 9.89 Å². The van der Waals surface area contributed by atoms with Gasteiger partial charge in [0.2, 0.25) is 5.91 Å². The summed E-state index contributed by atoms with van der Waals surface area (Å²) in [5.74, 6) is 0.305. The highest BCUT2D eigenvalue weighted by Gasteiger charge is 2.28. The molecule has 1 amide bonds. The van der Waals surface area contributed by atoms with Crippen molar-refractivity contribution in [3.63, 3.8) is 0 Å². The third-order valence-electron chi connectivity index (χ3n) is 2.85. The zero-order valence-electron chi connectivity index (χ0n) is 12.1. The number of nitrogens with zero attached hydrogens (tertiary/aromatic N) is 1. The fourth-order valence-corrected chi connectivity index (χ4v) is 1.37. The number of carbonyl (C=O) groups excluding carboxylic acids is 1. The Hall–Kier alpha value is -1.36. The van der Waals surface area contributed by atoms with E-state index in [2.05, 4.69) is 36.3 Å². The SMILES string of the molecule is CC(C)(C)c1cc(NC(=O)C(N)C(C)(C)C)n[nH]1. The molecule has 1 atom stereocenters. The molecule has 0 fully saturated rings. The van der Waals surface area contributed by atoms with Gasteiger partial charge >= 0.3 is 0 Å². The van der Waals surface area contributed by atoms with Crippen molar-refractivity contribution >= 4 is 11.7 Å². The lowest BCUT2D eigenvalue weighted by atomic mass is 9.87. The molecule has 0 aromatic carbocycles. The standard InChI is InChI=1S/C13H24N4O/c1-12(2,3)8-7-9(17-16-8)15-11(18)10(14)13(4,5)6/h7,10H,14H2,1-6H3,(H2,15,16,17,18). The summed E-state index contributed by atoms with van der Waals surface area (Å²) in [6, 6.07) is 1.28. The molecule has 1 rings (SSSR count). The Bertz CT molecular complexity index is 423. The first kappa shape index (κ1) is 14.7. The van der Waals surface area contributed by atoms with Gasteiger partial charge in [-0.25, -0.2) is 0 Å². The largest absolute Gasteiger partial charge is 0.319 e. The third-order valence-corrected chi connectivity index (χ3v) is 2.85. The second-order valence-electron chi connectivity index (χ2n) is 6.75. The summed E-state index contributed by atoms with van der Waals surface area (Å²) < 4.78 is 0. The van der Waals surface area contributed by atoms with Crippen molar-refractivity contribution < 1.29 is 4.79 Å². The minimum atomic E-state index is -0.563. The van der Waals surface area contributed by atoms with Crippen molar-refractivity contribution in [2.75, 3.05) is 5.32 Å². The maximum absolute atomic E-state index is 11.9. The number of nitrogens with two attached hydrogens (primary N) is 1. The van der Waals surface area contributed by atoms with Gasteiger partial charge in [-0.05, 0) is 5.41 Å². The van der Waals surface area contributed by atoms with Crippen LogP contribution in [-0.2, 0) is 10.2 Å². The number of carbonyl (C=O) groups is 1. The highest BCUT2D eigenvalue weighted by molar-refractivity contribution is 5.94. The molecule has 0 saturated carbocycles. The molecule has 1 aromatic rings. The zero-order valence-corrected chi connectivity index (χ0v) is 12.1. The van der Waals surface area contributed by atoms with Crippen LogP contribution in [-0.4, -0.2) is 22.1 Å². The molecule has 5 nitrogen and oxygen atoms in total. The average molecular weight is 252 g/mol. The summed E-state index contributed by atoms with van der Waals surface area (Å²) in [4.78, 5) is 11.9. The molecule has 0 radical (unpaired) electrons. The summed E-state index contributed by atoms with van der Waals surface area (Å²) in [5.41, 5.74) is 6.56. The van der Waals surface area contributed by atoms with E-state index in [1.54, 1.807) is 0 Å². The number of aromatic amines is 1. The Morgan fingerprint density at radius 2 is 1.89 bits per heavy atom. The number of rotatable bonds is 2. The summed E-state index contributed by atoms with van der Waals surface area (Å²) in [5, 5.41) is 9.73. The number of hydrogen-bond acceptors (Lipinski definition) is 3. The van der Waals surface area contributed by atoms with Gasteiger partial charge in [0.05, 0.1) is 6.04 Å². The van der Waals surface area contributed by atoms with Crippen LogP contribution in [0.2, 0.25) is 0 Å². The molecule has 18 heavy (non-hydrogen) atoms. The first-order valence-electron chi connectivity index (χ1n) is 6.14. The van der Waals surface area contributed by atoms with Crippen LogP contribution in [0, 0.1) is 5.41 Å². The Kier molecular flexibility index (Phi) is 3.86. The Morgan fingerprint density at radius 3 is 2.28 bits per heavy atom. The molecule has 1 aromatic heterocycles. The Balaban J connectivity index is 2.75. The van der Waals surface area contributed by atoms with Crippen LogP contribution in [0.15, 0.2) is 6.07 Å². The average Bonchev–Trinajstić information content (AvgIpc) is 2.62. The molecule has 102 valence electrons. The van der Waals surface area contributed by atoms with Crippen LogP contribution in [0.1, 0.15) is 47.2 Å². The van der Waals surface area contributed by atoms with Crippen molar-refractivity contribution in [1.29, 1.82) is 0 Å². The fraction of sp³-hybridized carbons (Fsp3) is 0.692. The van der Waals surface area contributed by atoms with E-state index in [4.69, 9.17) is 5.73 Å². The van der Waals surface area contributed by atoms with Crippen LogP contribution < -0.4 is 11.1 Å². The highest BCUT2D eigenvalue weighted by atomic mass is 16.2. The van der Waals surface area contributed by atoms with Gasteiger partial charge in [-0.1, -0.05) is 41.5 Å². The van der Waals surface area contributed by atoms with Crippen LogP contribution in [0.25, 0.3) is 0 Å². The minimum Gasteiger partial charge on any atom is -0.319 e. The summed E-state index contributed by atoms with van der Waals surface area (Å²) >= 11 is 0. The summed E-state index contributed by atoms with van der Waals surface area (Å²) in [7, 11) is 0. The lowest BCUT2D eigenvalue weighted by Crippen LogP contribution is -2.45. The predicted octanol–water partition coefficient (Wildman–Crippen LogP) is 2.02. The minimum absolute atomic E-state index is 0.0257. The fourth-order valence-electron chi connectivity index (χ4n) is 1.37. The molecular weight excluding hydrogens is 228 g/mol. The highest BCUT2D eigenvalue weighted by Crippen LogP contribution is 2.23. The molecule has 1 unspecified atom stereocenters. The van der Waals surface area contributed by atoms with Gasteiger partial charge in [0, 0.05) is 17.2 Å². The number of H-pyrrole nitrogens is 1. The smallest absolute Gasteiger partial charge is 0.243 e. The Morgan fingerprint density at radius 1 is 1.33 bits per heavy atom. The van der Waals surface area contributed by atoms with Crippen molar-refractivity contribution in [2.24, 2.45) is 11.1 Å². The second-order valence-corrected chi connectivity index (χ2v) is 6.75. The molecule has 0 spiro atoms. The van der Waals surface area contributed by atoms with E-state index in [1.807, 2.05) is 26.8 Å². The van der Waals surface area contributed by atoms with E-state index in [0.29, 0.717) is 5.82 Å². The van der Waals surface area contributed by atoms with Crippen LogP contribution in [0.5, 0.6) is 0 Å². The quantitative estimate of drug-likeness (QED) is 0.753. The Labute approximate surface area is 109 Å². The van der Waals surface area contributed by atoms with E-state index in [0.717, 1.165) is 5.69 Å². The third kappa shape index (κ3) is 3.57. The molecule has 0 bridgehead atoms. The molecule has 1 heterocycles. The maximum Gasteiger partial charge on any atom is 0.243 e. The number of nitrogens with one attached hydrogen (secondary N) is 2. The normalized spacial score (nSPS) is 14.4. The van der Waals surface area contributed by atoms with E-state index < -0.39 is 6.04 Å². The zero-order chi connectivity index (χ0) is 14.1. The molecule has 0 aliphatic carbocycles. The van der Waals surface area contributed by atoms with E-state index in [9.17, 15) is 4.79 Å². The van der Waals surface area contributed by atoms with E-state index in [-0.39, 0.29) is 16.7 Å². The second kappa shape index (κ2) is 4.72. The summed E-state index contributed by atoms with van der Waals surface area (Å²) in [6.07, 6.45) is 0. The van der Waals surface area contributed by atoms with Crippen LogP contribution in [0.3, 0.4) is 0 Å². The van der Waals surface area contributed by atoms with Crippen LogP contribution in [0.4, 0.5) is 5.82 Å². The lowest BCUT2D eigenvalue weighted by molar-refractivity contribution is -0.119. The van der Waals surface area contributed by atoms with Crippen molar-refractivity contribution in [3.05, 3.63) is 11.8 Å². The number of hydrogen-bond donors (Lipinski definition) is 3. The van der Waals surface area contributed by atoms with Gasteiger partial charge in [-0.15, -0.1) is 0 Å². The van der Waals surface area contributed by atoms with Crippen LogP contribution >= 0.6 is 0 Å². The first-order valence-corrected chi connectivity index (χ1v) is 6.14. The molecule has 0 aliphatic heterocycles. The van der Waals surface area contributed by atoms with Gasteiger partial charge in [-0.2, -0.15) is 5.10 Å². The number of anilines is 1. The van der Waals surface area contributed by atoms with E-state index >= 15 is 0 Å². The van der Waals surface area contributed by atoms with Gasteiger partial charge in [0.15, 0.2) is 5.82 Å². The summed E-state index contributed by atoms with van der Waals surface area (Å²) in [6.45, 7) is 12.0. The monoisotopic (exact) mass is 252 g/mol. The number of aromatic nitrogens is 2. The maximum atomic E-state index is 11.9.